The van der Waals surface area contributed by atoms with E-state index in [1.165, 1.54) is 16.8 Å². The number of pyridine rings is 1. The Kier molecular flexibility index (Phi) is 1.15. The second-order valence-electron chi connectivity index (χ2n) is 2.14. The summed E-state index contributed by atoms with van der Waals surface area (Å²) in [5.74, 6) is -1.78. The standard InChI is InChI=1S/C7H4F2N2/c8-5-1-3-11-4-2-10-7(11)6(5)9/h1-4H. The van der Waals surface area contributed by atoms with Crippen molar-refractivity contribution in [1.82, 2.24) is 9.38 Å². The first kappa shape index (κ1) is 6.27. The highest BCUT2D eigenvalue weighted by Gasteiger charge is 2.06. The van der Waals surface area contributed by atoms with E-state index < -0.39 is 11.6 Å². The van der Waals surface area contributed by atoms with Crippen molar-refractivity contribution in [3.8, 4) is 0 Å². The van der Waals surface area contributed by atoms with Gasteiger partial charge in [0, 0.05) is 18.6 Å². The number of nitrogens with zero attached hydrogens (tertiary/aromatic N) is 2. The molecule has 0 N–H and O–H groups in total. The largest absolute Gasteiger partial charge is 0.304 e. The number of halogens is 2. The van der Waals surface area contributed by atoms with Gasteiger partial charge in [0.15, 0.2) is 11.5 Å². The molecule has 0 saturated heterocycles. The molecule has 2 heterocycles. The molecule has 2 aromatic rings. The average molecular weight is 154 g/mol. The predicted octanol–water partition coefficient (Wildman–Crippen LogP) is 1.61. The fourth-order valence-electron chi connectivity index (χ4n) is 0.929. The van der Waals surface area contributed by atoms with Gasteiger partial charge in [0.05, 0.1) is 0 Å². The molecule has 56 valence electrons. The van der Waals surface area contributed by atoms with Crippen molar-refractivity contribution in [3.05, 3.63) is 36.3 Å². The van der Waals surface area contributed by atoms with Crippen LogP contribution in [0.3, 0.4) is 0 Å². The summed E-state index contributed by atoms with van der Waals surface area (Å²) in [4.78, 5) is 3.63. The molecular weight excluding hydrogens is 150 g/mol. The lowest BCUT2D eigenvalue weighted by molar-refractivity contribution is 0.510. The van der Waals surface area contributed by atoms with E-state index in [-0.39, 0.29) is 5.65 Å². The van der Waals surface area contributed by atoms with E-state index in [2.05, 4.69) is 4.98 Å². The van der Waals surface area contributed by atoms with Crippen molar-refractivity contribution in [2.75, 3.05) is 0 Å². The minimum atomic E-state index is -0.905. The molecular formula is C7H4F2N2. The van der Waals surface area contributed by atoms with E-state index in [4.69, 9.17) is 0 Å². The van der Waals surface area contributed by atoms with Crippen LogP contribution >= 0.6 is 0 Å². The third-order valence-corrected chi connectivity index (χ3v) is 1.46. The van der Waals surface area contributed by atoms with Gasteiger partial charge in [-0.05, 0) is 6.07 Å². The molecule has 0 fully saturated rings. The molecule has 0 unspecified atom stereocenters. The van der Waals surface area contributed by atoms with Crippen molar-refractivity contribution in [2.24, 2.45) is 0 Å². The van der Waals surface area contributed by atoms with Crippen LogP contribution in [0.15, 0.2) is 24.7 Å². The molecule has 0 aliphatic carbocycles. The molecule has 2 nitrogen and oxygen atoms in total. The molecule has 0 atom stereocenters. The number of imidazole rings is 1. The average Bonchev–Trinajstić information content (AvgIpc) is 2.45. The molecule has 2 aromatic heterocycles. The van der Waals surface area contributed by atoms with Crippen LogP contribution < -0.4 is 0 Å². The van der Waals surface area contributed by atoms with E-state index in [9.17, 15) is 8.78 Å². The van der Waals surface area contributed by atoms with Gasteiger partial charge in [-0.25, -0.2) is 9.37 Å². The number of fused-ring (bicyclic) bond motifs is 1. The summed E-state index contributed by atoms with van der Waals surface area (Å²) in [6, 6.07) is 1.06. The van der Waals surface area contributed by atoms with Gasteiger partial charge in [-0.1, -0.05) is 0 Å². The number of hydrogen-bond donors (Lipinski definition) is 0. The zero-order valence-corrected chi connectivity index (χ0v) is 5.46. The van der Waals surface area contributed by atoms with Gasteiger partial charge in [0.1, 0.15) is 0 Å². The van der Waals surface area contributed by atoms with Gasteiger partial charge in [-0.2, -0.15) is 4.39 Å². The highest BCUT2D eigenvalue weighted by Crippen LogP contribution is 2.10. The van der Waals surface area contributed by atoms with Crippen LogP contribution in [-0.2, 0) is 0 Å². The van der Waals surface area contributed by atoms with Crippen molar-refractivity contribution < 1.29 is 8.78 Å². The van der Waals surface area contributed by atoms with E-state index in [1.807, 2.05) is 0 Å². The van der Waals surface area contributed by atoms with Crippen molar-refractivity contribution in [1.29, 1.82) is 0 Å². The van der Waals surface area contributed by atoms with Crippen LogP contribution in [0, 0.1) is 11.6 Å². The summed E-state index contributed by atoms with van der Waals surface area (Å²) in [5.41, 5.74) is 0.0185. The van der Waals surface area contributed by atoms with Crippen molar-refractivity contribution >= 4 is 5.65 Å². The fourth-order valence-corrected chi connectivity index (χ4v) is 0.929. The maximum absolute atomic E-state index is 12.8. The first-order valence-corrected chi connectivity index (χ1v) is 3.06. The first-order valence-electron chi connectivity index (χ1n) is 3.06. The minimum absolute atomic E-state index is 0.0185. The summed E-state index contributed by atoms with van der Waals surface area (Å²) in [6.07, 6.45) is 4.39. The molecule has 0 spiro atoms. The normalized spacial score (nSPS) is 10.7. The summed E-state index contributed by atoms with van der Waals surface area (Å²) in [7, 11) is 0. The summed E-state index contributed by atoms with van der Waals surface area (Å²) < 4.78 is 26.7. The Hall–Kier alpha value is -1.45. The predicted molar refractivity (Wildman–Crippen MR) is 35.1 cm³/mol. The quantitative estimate of drug-likeness (QED) is 0.563. The maximum Gasteiger partial charge on any atom is 0.201 e. The third kappa shape index (κ3) is 0.790. The van der Waals surface area contributed by atoms with Gasteiger partial charge < -0.3 is 4.40 Å². The molecule has 0 amide bonds. The lowest BCUT2D eigenvalue weighted by Crippen LogP contribution is -1.91. The van der Waals surface area contributed by atoms with Crippen LogP contribution in [-0.4, -0.2) is 9.38 Å². The number of rotatable bonds is 0. The Morgan fingerprint density at radius 1 is 1.27 bits per heavy atom. The number of hydrogen-bond acceptors (Lipinski definition) is 1. The van der Waals surface area contributed by atoms with Gasteiger partial charge in [0.25, 0.3) is 0 Å². The monoisotopic (exact) mass is 154 g/mol. The Bertz CT molecular complexity index is 394. The molecule has 0 aliphatic rings. The van der Waals surface area contributed by atoms with Crippen molar-refractivity contribution in [2.45, 2.75) is 0 Å². The SMILES string of the molecule is Fc1ccn2ccnc2c1F. The van der Waals surface area contributed by atoms with Crippen LogP contribution in [0.4, 0.5) is 8.78 Å². The fraction of sp³-hybridized carbons (Fsp3) is 0. The van der Waals surface area contributed by atoms with Gasteiger partial charge in [-0.3, -0.25) is 0 Å². The molecule has 0 aromatic carbocycles. The third-order valence-electron chi connectivity index (χ3n) is 1.46. The zero-order valence-electron chi connectivity index (χ0n) is 5.46. The molecule has 11 heavy (non-hydrogen) atoms. The Morgan fingerprint density at radius 2 is 2.09 bits per heavy atom. The molecule has 0 aliphatic heterocycles. The Labute approximate surface area is 61.1 Å². The lowest BCUT2D eigenvalue weighted by Gasteiger charge is -1.94. The van der Waals surface area contributed by atoms with E-state index >= 15 is 0 Å². The molecule has 0 bridgehead atoms. The summed E-state index contributed by atoms with van der Waals surface area (Å²) >= 11 is 0. The summed E-state index contributed by atoms with van der Waals surface area (Å²) in [6.45, 7) is 0. The molecule has 2 rings (SSSR count). The van der Waals surface area contributed by atoms with Crippen LogP contribution in [0.5, 0.6) is 0 Å². The van der Waals surface area contributed by atoms with Crippen LogP contribution in [0.1, 0.15) is 0 Å². The zero-order chi connectivity index (χ0) is 7.84. The maximum atomic E-state index is 12.8. The second kappa shape index (κ2) is 2.02. The Balaban J connectivity index is 2.93. The smallest absolute Gasteiger partial charge is 0.201 e. The molecule has 4 heteroatoms. The molecule has 0 radical (unpaired) electrons. The van der Waals surface area contributed by atoms with Gasteiger partial charge >= 0.3 is 0 Å². The highest BCUT2D eigenvalue weighted by molar-refractivity contribution is 5.39. The minimum Gasteiger partial charge on any atom is -0.304 e. The topological polar surface area (TPSA) is 17.3 Å². The Morgan fingerprint density at radius 3 is 2.91 bits per heavy atom. The second-order valence-corrected chi connectivity index (χ2v) is 2.14. The first-order chi connectivity index (χ1) is 5.29. The van der Waals surface area contributed by atoms with Crippen molar-refractivity contribution in [3.63, 3.8) is 0 Å². The van der Waals surface area contributed by atoms with Crippen LogP contribution in [0.2, 0.25) is 0 Å². The highest BCUT2D eigenvalue weighted by atomic mass is 19.2. The van der Waals surface area contributed by atoms with Gasteiger partial charge in [0.2, 0.25) is 5.82 Å². The van der Waals surface area contributed by atoms with E-state index in [0.29, 0.717) is 0 Å². The molecule has 0 saturated carbocycles. The number of aromatic nitrogens is 2. The van der Waals surface area contributed by atoms with E-state index in [0.717, 1.165) is 6.07 Å². The lowest BCUT2D eigenvalue weighted by atomic mass is 10.4. The summed E-state index contributed by atoms with van der Waals surface area (Å²) in [5, 5.41) is 0. The van der Waals surface area contributed by atoms with Crippen LogP contribution in [0.25, 0.3) is 5.65 Å². The van der Waals surface area contributed by atoms with E-state index in [1.54, 1.807) is 6.20 Å². The van der Waals surface area contributed by atoms with Gasteiger partial charge in [-0.15, -0.1) is 0 Å².